The average molecular weight is 306 g/mol. The summed E-state index contributed by atoms with van der Waals surface area (Å²) in [6.45, 7) is 1.54. The van der Waals surface area contributed by atoms with Crippen molar-refractivity contribution in [2.75, 3.05) is 4.72 Å². The second-order valence-electron chi connectivity index (χ2n) is 4.55. The van der Waals surface area contributed by atoms with E-state index in [4.69, 9.17) is 4.42 Å². The van der Waals surface area contributed by atoms with Crippen molar-refractivity contribution >= 4 is 26.8 Å². The van der Waals surface area contributed by atoms with Crippen LogP contribution in [0.5, 0.6) is 0 Å². The van der Waals surface area contributed by atoms with E-state index in [-0.39, 0.29) is 4.90 Å². The number of hydrogen-bond donors (Lipinski definition) is 1. The molecular weight excluding hydrogens is 295 g/mol. The summed E-state index contributed by atoms with van der Waals surface area (Å²) in [4.78, 5) is 3.98. The number of nitrogens with zero attached hydrogens (tertiary/aromatic N) is 1. The van der Waals surface area contributed by atoms with Crippen LogP contribution in [0.3, 0.4) is 0 Å². The van der Waals surface area contributed by atoms with E-state index in [1.54, 1.807) is 18.2 Å². The number of oxazole rings is 1. The number of rotatable bonds is 3. The molecule has 21 heavy (non-hydrogen) atoms. The third kappa shape index (κ3) is 2.59. The highest BCUT2D eigenvalue weighted by Gasteiger charge is 2.17. The van der Waals surface area contributed by atoms with E-state index in [9.17, 15) is 12.8 Å². The molecule has 1 aromatic heterocycles. The molecular formula is C14H11FN2O3S. The van der Waals surface area contributed by atoms with Gasteiger partial charge >= 0.3 is 0 Å². The van der Waals surface area contributed by atoms with Crippen LogP contribution in [-0.4, -0.2) is 13.4 Å². The molecule has 0 bridgehead atoms. The van der Waals surface area contributed by atoms with Crippen LogP contribution in [0.2, 0.25) is 0 Å². The second kappa shape index (κ2) is 4.85. The Morgan fingerprint density at radius 2 is 2.00 bits per heavy atom. The lowest BCUT2D eigenvalue weighted by atomic mass is 10.2. The summed E-state index contributed by atoms with van der Waals surface area (Å²) >= 11 is 0. The first-order chi connectivity index (χ1) is 9.95. The summed E-state index contributed by atoms with van der Waals surface area (Å²) < 4.78 is 45.3. The minimum Gasteiger partial charge on any atom is -0.443 e. The molecule has 1 heterocycles. The Morgan fingerprint density at radius 1 is 1.19 bits per heavy atom. The summed E-state index contributed by atoms with van der Waals surface area (Å²) in [6.07, 6.45) is 1.28. The first kappa shape index (κ1) is 13.6. The molecule has 0 aliphatic carbocycles. The van der Waals surface area contributed by atoms with Gasteiger partial charge in [-0.15, -0.1) is 0 Å². The van der Waals surface area contributed by atoms with Crippen LogP contribution in [-0.2, 0) is 10.0 Å². The molecule has 1 N–H and O–H groups in total. The Bertz CT molecular complexity index is 919. The lowest BCUT2D eigenvalue weighted by Crippen LogP contribution is -2.14. The van der Waals surface area contributed by atoms with E-state index in [0.717, 1.165) is 6.07 Å². The van der Waals surface area contributed by atoms with Crippen LogP contribution in [0.25, 0.3) is 11.1 Å². The minimum absolute atomic E-state index is 0.0292. The Kier molecular flexibility index (Phi) is 3.13. The average Bonchev–Trinajstić information content (AvgIpc) is 2.85. The maximum atomic E-state index is 13.1. The van der Waals surface area contributed by atoms with Crippen molar-refractivity contribution in [3.63, 3.8) is 0 Å². The topological polar surface area (TPSA) is 72.2 Å². The van der Waals surface area contributed by atoms with Gasteiger partial charge in [0.1, 0.15) is 11.3 Å². The fourth-order valence-corrected chi connectivity index (χ4v) is 3.32. The summed E-state index contributed by atoms with van der Waals surface area (Å²) in [5.74, 6) is -0.477. The van der Waals surface area contributed by atoms with E-state index in [2.05, 4.69) is 9.71 Å². The lowest BCUT2D eigenvalue weighted by Gasteiger charge is -2.10. The minimum atomic E-state index is -3.79. The molecule has 0 unspecified atom stereocenters. The molecule has 0 aliphatic rings. The Labute approximate surface area is 120 Å². The third-order valence-electron chi connectivity index (χ3n) is 3.01. The van der Waals surface area contributed by atoms with Crippen molar-refractivity contribution in [3.8, 4) is 0 Å². The van der Waals surface area contributed by atoms with Gasteiger partial charge in [0.05, 0.1) is 10.6 Å². The van der Waals surface area contributed by atoms with Crippen molar-refractivity contribution < 1.29 is 17.2 Å². The van der Waals surface area contributed by atoms with Crippen LogP contribution in [0, 0.1) is 12.7 Å². The number of halogens is 1. The standard InChI is InChI=1S/C14H11FN2O3S/c1-9-6-10(15)2-5-14(9)21(18,19)17-11-3-4-12-13(7-11)20-8-16-12/h2-8,17H,1H3. The predicted molar refractivity (Wildman–Crippen MR) is 76.0 cm³/mol. The molecule has 0 amide bonds. The number of benzene rings is 2. The van der Waals surface area contributed by atoms with Gasteiger partial charge in [0.2, 0.25) is 0 Å². The van der Waals surface area contributed by atoms with Crippen LogP contribution in [0.15, 0.2) is 52.1 Å². The maximum Gasteiger partial charge on any atom is 0.262 e. The molecule has 0 spiro atoms. The molecule has 108 valence electrons. The third-order valence-corrected chi connectivity index (χ3v) is 4.55. The highest BCUT2D eigenvalue weighted by Crippen LogP contribution is 2.23. The Morgan fingerprint density at radius 3 is 2.76 bits per heavy atom. The van der Waals surface area contributed by atoms with Crippen LogP contribution in [0.4, 0.5) is 10.1 Å². The second-order valence-corrected chi connectivity index (χ2v) is 6.20. The molecule has 0 saturated carbocycles. The first-order valence-corrected chi connectivity index (χ1v) is 7.56. The maximum absolute atomic E-state index is 13.1. The van der Waals surface area contributed by atoms with E-state index in [1.807, 2.05) is 0 Å². The van der Waals surface area contributed by atoms with Crippen LogP contribution >= 0.6 is 0 Å². The number of anilines is 1. The summed E-state index contributed by atoms with van der Waals surface area (Å²) in [5, 5.41) is 0. The predicted octanol–water partition coefficient (Wildman–Crippen LogP) is 3.08. The zero-order chi connectivity index (χ0) is 15.0. The van der Waals surface area contributed by atoms with Crippen molar-refractivity contribution in [2.45, 2.75) is 11.8 Å². The summed E-state index contributed by atoms with van der Waals surface area (Å²) in [6, 6.07) is 8.30. The number of sulfonamides is 1. The van der Waals surface area contributed by atoms with Gasteiger partial charge < -0.3 is 4.42 Å². The monoisotopic (exact) mass is 306 g/mol. The van der Waals surface area contributed by atoms with Gasteiger partial charge in [-0.1, -0.05) is 0 Å². The molecule has 0 saturated heterocycles. The van der Waals surface area contributed by atoms with Crippen LogP contribution in [0.1, 0.15) is 5.56 Å². The molecule has 0 radical (unpaired) electrons. The molecule has 5 nitrogen and oxygen atoms in total. The number of fused-ring (bicyclic) bond motifs is 1. The van der Waals surface area contributed by atoms with Crippen molar-refractivity contribution in [3.05, 3.63) is 54.2 Å². The quantitative estimate of drug-likeness (QED) is 0.807. The van der Waals surface area contributed by atoms with Gasteiger partial charge in [0.25, 0.3) is 10.0 Å². The number of aryl methyl sites for hydroxylation is 1. The molecule has 0 fully saturated rings. The zero-order valence-corrected chi connectivity index (χ0v) is 11.8. The van der Waals surface area contributed by atoms with Gasteiger partial charge in [-0.25, -0.2) is 17.8 Å². The lowest BCUT2D eigenvalue weighted by molar-refractivity contribution is 0.598. The molecule has 7 heteroatoms. The van der Waals surface area contributed by atoms with Gasteiger partial charge in [-0.05, 0) is 42.8 Å². The van der Waals surface area contributed by atoms with E-state index in [1.165, 1.54) is 25.5 Å². The van der Waals surface area contributed by atoms with E-state index >= 15 is 0 Å². The normalized spacial score (nSPS) is 11.7. The Hall–Kier alpha value is -2.41. The Balaban J connectivity index is 1.98. The molecule has 3 rings (SSSR count). The molecule has 0 atom stereocenters. The van der Waals surface area contributed by atoms with Crippen molar-refractivity contribution in [2.24, 2.45) is 0 Å². The summed E-state index contributed by atoms with van der Waals surface area (Å²) in [7, 11) is -3.79. The fraction of sp³-hybridized carbons (Fsp3) is 0.0714. The molecule has 3 aromatic rings. The van der Waals surface area contributed by atoms with Gasteiger partial charge in [0, 0.05) is 6.07 Å². The number of aromatic nitrogens is 1. The highest BCUT2D eigenvalue weighted by atomic mass is 32.2. The summed E-state index contributed by atoms with van der Waals surface area (Å²) in [5.41, 5.74) is 1.80. The zero-order valence-electron chi connectivity index (χ0n) is 11.0. The smallest absolute Gasteiger partial charge is 0.262 e. The van der Waals surface area contributed by atoms with Gasteiger partial charge in [-0.2, -0.15) is 0 Å². The SMILES string of the molecule is Cc1cc(F)ccc1S(=O)(=O)Nc1ccc2ncoc2c1. The molecule has 2 aromatic carbocycles. The fourth-order valence-electron chi connectivity index (χ4n) is 2.04. The van der Waals surface area contributed by atoms with Crippen molar-refractivity contribution in [1.29, 1.82) is 0 Å². The first-order valence-electron chi connectivity index (χ1n) is 6.08. The van der Waals surface area contributed by atoms with E-state index in [0.29, 0.717) is 22.4 Å². The van der Waals surface area contributed by atoms with Crippen LogP contribution < -0.4 is 4.72 Å². The van der Waals surface area contributed by atoms with Gasteiger partial charge in [0.15, 0.2) is 12.0 Å². The number of hydrogen-bond acceptors (Lipinski definition) is 4. The highest BCUT2D eigenvalue weighted by molar-refractivity contribution is 7.92. The largest absolute Gasteiger partial charge is 0.443 e. The van der Waals surface area contributed by atoms with E-state index < -0.39 is 15.8 Å². The molecule has 0 aliphatic heterocycles. The van der Waals surface area contributed by atoms with Crippen molar-refractivity contribution in [1.82, 2.24) is 4.98 Å². The number of nitrogens with one attached hydrogen (secondary N) is 1. The van der Waals surface area contributed by atoms with Gasteiger partial charge in [-0.3, -0.25) is 4.72 Å².